The molecule has 1 aromatic carbocycles. The number of rotatable bonds is 5. The van der Waals surface area contributed by atoms with Gasteiger partial charge in [-0.2, -0.15) is 0 Å². The number of nitrogens with zero attached hydrogens (tertiary/aromatic N) is 2. The number of aromatic nitrogens is 1. The summed E-state index contributed by atoms with van der Waals surface area (Å²) >= 11 is 0. The second-order valence-corrected chi connectivity index (χ2v) is 7.89. The van der Waals surface area contributed by atoms with Crippen LogP contribution in [-0.2, 0) is 7.05 Å². The minimum Gasteiger partial charge on any atom is -0.493 e. The van der Waals surface area contributed by atoms with E-state index in [1.54, 1.807) is 18.1 Å². The zero-order chi connectivity index (χ0) is 19.7. The second-order valence-electron chi connectivity index (χ2n) is 7.89. The number of methoxy groups -OCH3 is 1. The van der Waals surface area contributed by atoms with E-state index in [1.165, 1.54) is 18.4 Å². The molecule has 0 N–H and O–H groups in total. The molecule has 6 heteroatoms. The first-order valence-electron chi connectivity index (χ1n) is 10.1. The summed E-state index contributed by atoms with van der Waals surface area (Å²) < 4.78 is 18.7. The molecule has 1 aliphatic heterocycles. The molecule has 0 spiro atoms. The van der Waals surface area contributed by atoms with Crippen LogP contribution in [0.3, 0.4) is 0 Å². The number of benzene rings is 1. The van der Waals surface area contributed by atoms with Gasteiger partial charge in [-0.1, -0.05) is 6.07 Å². The summed E-state index contributed by atoms with van der Waals surface area (Å²) in [6.07, 6.45) is 7.47. The molecule has 1 atom stereocenters. The fourth-order valence-electron chi connectivity index (χ4n) is 4.28. The molecule has 2 heterocycles. The molecule has 1 saturated carbocycles. The smallest absolute Gasteiger partial charge is 0.263 e. The monoisotopic (exact) mass is 385 g/mol. The lowest BCUT2D eigenvalue weighted by Crippen LogP contribution is -2.32. The van der Waals surface area contributed by atoms with Crippen molar-refractivity contribution in [1.29, 1.82) is 0 Å². The minimum absolute atomic E-state index is 0.0419. The number of ether oxygens (including phenoxy) is 2. The van der Waals surface area contributed by atoms with Crippen molar-refractivity contribution in [3.8, 4) is 11.5 Å². The van der Waals surface area contributed by atoms with Crippen molar-refractivity contribution in [3.05, 3.63) is 41.3 Å². The zero-order valence-electron chi connectivity index (χ0n) is 16.9. The van der Waals surface area contributed by atoms with Gasteiger partial charge >= 0.3 is 0 Å². The van der Waals surface area contributed by atoms with Gasteiger partial charge in [0.2, 0.25) is 5.69 Å². The topological polar surface area (TPSA) is 55.8 Å². The van der Waals surface area contributed by atoms with Gasteiger partial charge in [0.25, 0.3) is 5.91 Å². The first-order valence-corrected chi connectivity index (χ1v) is 10.1. The first-order chi connectivity index (χ1) is 13.6. The fraction of sp³-hybridized carbons (Fsp3) is 0.545. The summed E-state index contributed by atoms with van der Waals surface area (Å²) in [5, 5.41) is 0. The largest absolute Gasteiger partial charge is 0.493 e. The molecule has 28 heavy (non-hydrogen) atoms. The molecule has 1 aromatic heterocycles. The van der Waals surface area contributed by atoms with E-state index >= 15 is 0 Å². The highest BCUT2D eigenvalue weighted by Gasteiger charge is 2.32. The van der Waals surface area contributed by atoms with Crippen molar-refractivity contribution in [3.63, 3.8) is 0 Å². The lowest BCUT2D eigenvalue weighted by molar-refractivity contribution is -0.849. The second kappa shape index (κ2) is 7.86. The van der Waals surface area contributed by atoms with Crippen LogP contribution in [0.4, 0.5) is 0 Å². The number of carbonyl (C=O) groups is 1. The third-order valence-corrected chi connectivity index (χ3v) is 6.15. The molecule has 1 unspecified atom stereocenters. The van der Waals surface area contributed by atoms with E-state index in [2.05, 4.69) is 12.1 Å². The Morgan fingerprint density at radius 2 is 2.00 bits per heavy atom. The van der Waals surface area contributed by atoms with Gasteiger partial charge in [0.1, 0.15) is 0 Å². The summed E-state index contributed by atoms with van der Waals surface area (Å²) in [5.74, 6) is 1.96. The van der Waals surface area contributed by atoms with Crippen LogP contribution in [0, 0.1) is 6.92 Å². The molecular weight excluding hydrogens is 356 g/mol. The number of hydrogen-bond donors (Lipinski definition) is 0. The molecule has 6 nitrogen and oxygen atoms in total. The summed E-state index contributed by atoms with van der Waals surface area (Å²) in [4.78, 5) is 14.8. The third kappa shape index (κ3) is 3.60. The summed E-state index contributed by atoms with van der Waals surface area (Å²) in [5.41, 5.74) is 2.70. The summed E-state index contributed by atoms with van der Waals surface area (Å²) in [6, 6.07) is 6.20. The Balaban J connectivity index is 1.48. The van der Waals surface area contributed by atoms with Crippen LogP contribution < -0.4 is 14.2 Å². The maximum Gasteiger partial charge on any atom is 0.263 e. The number of carbonyl (C=O) groups excluding carboxylic acids is 1. The molecule has 1 saturated heterocycles. The van der Waals surface area contributed by atoms with Crippen molar-refractivity contribution >= 4 is 5.91 Å². The van der Waals surface area contributed by atoms with Gasteiger partial charge in [0.15, 0.2) is 30.4 Å². The molecule has 1 aliphatic carbocycles. The Morgan fingerprint density at radius 3 is 2.68 bits per heavy atom. The molecule has 2 fully saturated rings. The standard InChI is InChI=1S/C22H29N2O4/c1-15-19(14-27-23(15)2)22(25)24-11-10-17(13-24)16-8-9-20(26-3)21(12-16)28-18-6-4-5-7-18/h8-9,12,14,17-18H,4-7,10-11,13H2,1-3H3/q+1. The van der Waals surface area contributed by atoms with Gasteiger partial charge < -0.3 is 14.4 Å². The lowest BCUT2D eigenvalue weighted by Gasteiger charge is -2.19. The van der Waals surface area contributed by atoms with Gasteiger partial charge in [-0.3, -0.25) is 4.79 Å². The van der Waals surface area contributed by atoms with E-state index in [4.69, 9.17) is 14.0 Å². The average Bonchev–Trinajstić information content (AvgIpc) is 3.44. The number of aryl methyl sites for hydroxylation is 1. The SMILES string of the molecule is COc1ccc(C2CCN(C(=O)c3co[n+](C)c3C)C2)cc1OC1CCCC1. The Bertz CT molecular complexity index is 854. The Morgan fingerprint density at radius 1 is 1.21 bits per heavy atom. The number of likely N-dealkylation sites (tertiary alicyclic amines) is 1. The third-order valence-electron chi connectivity index (χ3n) is 6.15. The maximum atomic E-state index is 12.9. The van der Waals surface area contributed by atoms with Crippen LogP contribution >= 0.6 is 0 Å². The van der Waals surface area contributed by atoms with E-state index in [-0.39, 0.29) is 12.0 Å². The van der Waals surface area contributed by atoms with Gasteiger partial charge in [-0.15, -0.1) is 0 Å². The van der Waals surface area contributed by atoms with Crippen LogP contribution in [0.5, 0.6) is 11.5 Å². The predicted octanol–water partition coefficient (Wildman–Crippen LogP) is 3.37. The van der Waals surface area contributed by atoms with Gasteiger partial charge in [-0.05, 0) is 54.5 Å². The molecule has 150 valence electrons. The van der Waals surface area contributed by atoms with Crippen molar-refractivity contribution in [2.45, 2.75) is 51.0 Å². The number of hydrogen-bond acceptors (Lipinski definition) is 4. The average molecular weight is 385 g/mol. The molecule has 1 amide bonds. The lowest BCUT2D eigenvalue weighted by atomic mass is 9.98. The van der Waals surface area contributed by atoms with E-state index in [9.17, 15) is 4.79 Å². The Kier molecular flexibility index (Phi) is 5.29. The van der Waals surface area contributed by atoms with Crippen LogP contribution in [0.25, 0.3) is 0 Å². The van der Waals surface area contributed by atoms with Gasteiger partial charge in [0.05, 0.1) is 13.2 Å². The maximum absolute atomic E-state index is 12.9. The quantitative estimate of drug-likeness (QED) is 0.741. The minimum atomic E-state index is 0.0419. The first kappa shape index (κ1) is 18.8. The van der Waals surface area contributed by atoms with Crippen molar-refractivity contribution < 1.29 is 23.5 Å². The molecule has 2 aliphatic rings. The van der Waals surface area contributed by atoms with Crippen molar-refractivity contribution in [2.75, 3.05) is 20.2 Å². The van der Waals surface area contributed by atoms with E-state index in [0.29, 0.717) is 18.0 Å². The van der Waals surface area contributed by atoms with Crippen LogP contribution in [0.15, 0.2) is 29.0 Å². The van der Waals surface area contributed by atoms with Gasteiger partial charge in [-0.25, -0.2) is 4.52 Å². The highest BCUT2D eigenvalue weighted by molar-refractivity contribution is 5.94. The normalized spacial score (nSPS) is 20.0. The molecule has 0 radical (unpaired) electrons. The summed E-state index contributed by atoms with van der Waals surface area (Å²) in [7, 11) is 3.49. The fourth-order valence-corrected chi connectivity index (χ4v) is 4.28. The summed E-state index contributed by atoms with van der Waals surface area (Å²) in [6.45, 7) is 3.37. The molecular formula is C22H29N2O4+. The van der Waals surface area contributed by atoms with Crippen molar-refractivity contribution in [2.24, 2.45) is 7.05 Å². The zero-order valence-corrected chi connectivity index (χ0v) is 16.9. The van der Waals surface area contributed by atoms with Gasteiger partial charge in [0, 0.05) is 25.9 Å². The molecule has 0 bridgehead atoms. The van der Waals surface area contributed by atoms with Crippen LogP contribution in [0.1, 0.15) is 59.6 Å². The number of amides is 1. The Hall–Kier alpha value is -2.50. The van der Waals surface area contributed by atoms with Crippen LogP contribution in [0.2, 0.25) is 0 Å². The van der Waals surface area contributed by atoms with Crippen molar-refractivity contribution in [1.82, 2.24) is 4.90 Å². The Labute approximate surface area is 166 Å². The van der Waals surface area contributed by atoms with E-state index < -0.39 is 0 Å². The van der Waals surface area contributed by atoms with E-state index in [0.717, 1.165) is 43.0 Å². The highest BCUT2D eigenvalue weighted by atomic mass is 16.5. The predicted molar refractivity (Wildman–Crippen MR) is 104 cm³/mol. The molecule has 2 aromatic rings. The highest BCUT2D eigenvalue weighted by Crippen LogP contribution is 2.37. The van der Waals surface area contributed by atoms with Crippen LogP contribution in [-0.4, -0.2) is 37.1 Å². The molecule has 4 rings (SSSR count). The van der Waals surface area contributed by atoms with E-state index in [1.807, 2.05) is 24.9 Å².